The average molecular weight is 324 g/mol. The highest BCUT2D eigenvalue weighted by molar-refractivity contribution is 9.10. The second-order valence-electron chi connectivity index (χ2n) is 3.50. The minimum Gasteiger partial charge on any atom is -0.464 e. The molecule has 0 saturated carbocycles. The van der Waals surface area contributed by atoms with Crippen LogP contribution in [0.1, 0.15) is 10.5 Å². The smallest absolute Gasteiger partial charge is 0.358 e. The molecular weight excluding hydrogens is 314 g/mol. The van der Waals surface area contributed by atoms with E-state index in [9.17, 15) is 4.79 Å². The number of methoxy groups -OCH3 is 1. The summed E-state index contributed by atoms with van der Waals surface area (Å²) in [4.78, 5) is 19.2. The minimum atomic E-state index is -0.579. The lowest BCUT2D eigenvalue weighted by Crippen LogP contribution is -2.05. The van der Waals surface area contributed by atoms with Gasteiger partial charge in [-0.1, -0.05) is 6.07 Å². The van der Waals surface area contributed by atoms with Crippen molar-refractivity contribution in [3.05, 3.63) is 40.8 Å². The molecule has 2 N–H and O–H groups in total. The minimum absolute atomic E-state index is 0.0695. The highest BCUT2D eigenvalue weighted by atomic mass is 79.9. The molecule has 0 unspecified atom stereocenters. The third kappa shape index (κ3) is 3.00. The van der Waals surface area contributed by atoms with Gasteiger partial charge in [0.2, 0.25) is 5.88 Å². The summed E-state index contributed by atoms with van der Waals surface area (Å²) in [7, 11) is 1.27. The summed E-state index contributed by atoms with van der Waals surface area (Å²) in [6.45, 7) is 0. The molecule has 0 atom stereocenters. The van der Waals surface area contributed by atoms with Crippen LogP contribution in [-0.4, -0.2) is 23.0 Å². The first-order valence-electron chi connectivity index (χ1n) is 5.24. The molecule has 0 aliphatic rings. The highest BCUT2D eigenvalue weighted by Crippen LogP contribution is 2.32. The fourth-order valence-corrected chi connectivity index (χ4v) is 1.66. The molecule has 0 aliphatic carbocycles. The van der Waals surface area contributed by atoms with Gasteiger partial charge in [-0.25, -0.2) is 9.78 Å². The lowest BCUT2D eigenvalue weighted by Gasteiger charge is -2.08. The fraction of sp³-hybridized carbons (Fsp3) is 0.0833. The molecule has 0 saturated heterocycles. The van der Waals surface area contributed by atoms with E-state index >= 15 is 0 Å². The molecule has 98 valence electrons. The molecule has 1 aromatic carbocycles. The standard InChI is InChI=1S/C12H10BrN3O3/c1-18-12(17)8-5-15-6-10(16-8)19-9-4-2-3-7(14)11(9)13/h2-6H,14H2,1H3. The van der Waals surface area contributed by atoms with Gasteiger partial charge in [0.25, 0.3) is 0 Å². The van der Waals surface area contributed by atoms with Gasteiger partial charge in [0.05, 0.1) is 24.0 Å². The molecule has 1 heterocycles. The van der Waals surface area contributed by atoms with Crippen LogP contribution in [0, 0.1) is 0 Å². The Morgan fingerprint density at radius 2 is 2.16 bits per heavy atom. The van der Waals surface area contributed by atoms with Crippen LogP contribution in [0.4, 0.5) is 5.69 Å². The number of aromatic nitrogens is 2. The predicted molar refractivity (Wildman–Crippen MR) is 72.0 cm³/mol. The highest BCUT2D eigenvalue weighted by Gasteiger charge is 2.11. The van der Waals surface area contributed by atoms with E-state index in [2.05, 4.69) is 30.6 Å². The number of carbonyl (C=O) groups excluding carboxylic acids is 1. The van der Waals surface area contributed by atoms with Crippen molar-refractivity contribution in [2.75, 3.05) is 12.8 Å². The first-order valence-corrected chi connectivity index (χ1v) is 6.03. The molecule has 2 rings (SSSR count). The van der Waals surface area contributed by atoms with E-state index in [0.29, 0.717) is 15.9 Å². The number of carbonyl (C=O) groups is 1. The van der Waals surface area contributed by atoms with Gasteiger partial charge in [0.15, 0.2) is 5.69 Å². The van der Waals surface area contributed by atoms with Gasteiger partial charge in [0.1, 0.15) is 5.75 Å². The first-order chi connectivity index (χ1) is 9.11. The van der Waals surface area contributed by atoms with Crippen LogP contribution in [0.2, 0.25) is 0 Å². The molecule has 0 bridgehead atoms. The summed E-state index contributed by atoms with van der Waals surface area (Å²) in [6.07, 6.45) is 2.69. The van der Waals surface area contributed by atoms with Gasteiger partial charge in [-0.2, -0.15) is 0 Å². The van der Waals surface area contributed by atoms with Gasteiger partial charge in [0, 0.05) is 5.69 Å². The summed E-state index contributed by atoms with van der Waals surface area (Å²) in [6, 6.07) is 5.19. The van der Waals surface area contributed by atoms with Crippen LogP contribution in [0.25, 0.3) is 0 Å². The van der Waals surface area contributed by atoms with Crippen molar-refractivity contribution in [3.8, 4) is 11.6 Å². The summed E-state index contributed by atoms with van der Waals surface area (Å²) in [5.74, 6) is 0.0788. The lowest BCUT2D eigenvalue weighted by molar-refractivity contribution is 0.0592. The maximum atomic E-state index is 11.3. The van der Waals surface area contributed by atoms with E-state index in [4.69, 9.17) is 10.5 Å². The van der Waals surface area contributed by atoms with Crippen molar-refractivity contribution in [3.63, 3.8) is 0 Å². The summed E-state index contributed by atoms with van der Waals surface area (Å²) in [5.41, 5.74) is 6.34. The number of ether oxygens (including phenoxy) is 2. The number of esters is 1. The number of halogens is 1. The Hall–Kier alpha value is -2.15. The van der Waals surface area contributed by atoms with Crippen LogP contribution in [-0.2, 0) is 4.74 Å². The van der Waals surface area contributed by atoms with Crippen molar-refractivity contribution in [2.24, 2.45) is 0 Å². The van der Waals surface area contributed by atoms with Crippen molar-refractivity contribution in [2.45, 2.75) is 0 Å². The average Bonchev–Trinajstić information content (AvgIpc) is 2.43. The Morgan fingerprint density at radius 1 is 1.37 bits per heavy atom. The zero-order valence-corrected chi connectivity index (χ0v) is 11.5. The third-order valence-electron chi connectivity index (χ3n) is 2.21. The monoisotopic (exact) mass is 323 g/mol. The van der Waals surface area contributed by atoms with Gasteiger partial charge in [-0.3, -0.25) is 4.98 Å². The maximum Gasteiger partial charge on any atom is 0.358 e. The van der Waals surface area contributed by atoms with Crippen molar-refractivity contribution < 1.29 is 14.3 Å². The summed E-state index contributed by atoms with van der Waals surface area (Å²) in [5, 5.41) is 0. The van der Waals surface area contributed by atoms with Gasteiger partial charge in [-0.15, -0.1) is 0 Å². The number of anilines is 1. The number of nitrogens with two attached hydrogens (primary N) is 1. The number of benzene rings is 1. The second kappa shape index (κ2) is 5.66. The zero-order chi connectivity index (χ0) is 13.8. The molecule has 0 radical (unpaired) electrons. The summed E-state index contributed by atoms with van der Waals surface area (Å²) < 4.78 is 10.7. The van der Waals surface area contributed by atoms with Gasteiger partial charge >= 0.3 is 5.97 Å². The predicted octanol–water partition coefficient (Wildman–Crippen LogP) is 2.40. The molecule has 0 aliphatic heterocycles. The molecule has 19 heavy (non-hydrogen) atoms. The molecule has 7 heteroatoms. The largest absolute Gasteiger partial charge is 0.464 e. The number of nitrogens with zero attached hydrogens (tertiary/aromatic N) is 2. The number of rotatable bonds is 3. The van der Waals surface area contributed by atoms with E-state index in [1.807, 2.05) is 0 Å². The van der Waals surface area contributed by atoms with E-state index in [0.717, 1.165) is 0 Å². The van der Waals surface area contributed by atoms with Crippen LogP contribution < -0.4 is 10.5 Å². The van der Waals surface area contributed by atoms with Crippen LogP contribution in [0.5, 0.6) is 11.6 Å². The van der Waals surface area contributed by atoms with Crippen molar-refractivity contribution >= 4 is 27.6 Å². The van der Waals surface area contributed by atoms with Crippen molar-refractivity contribution in [1.82, 2.24) is 9.97 Å². The lowest BCUT2D eigenvalue weighted by atomic mass is 10.3. The molecule has 2 aromatic rings. The first kappa shape index (κ1) is 13.3. The molecule has 0 amide bonds. The molecule has 0 fully saturated rings. The van der Waals surface area contributed by atoms with Gasteiger partial charge in [-0.05, 0) is 28.1 Å². The number of hydrogen-bond acceptors (Lipinski definition) is 6. The Kier molecular flexibility index (Phi) is 3.96. The zero-order valence-electron chi connectivity index (χ0n) is 9.96. The normalized spacial score (nSPS) is 10.0. The Labute approximate surface area is 117 Å². The topological polar surface area (TPSA) is 87.3 Å². The quantitative estimate of drug-likeness (QED) is 0.689. The van der Waals surface area contributed by atoms with Crippen LogP contribution >= 0.6 is 15.9 Å². The van der Waals surface area contributed by atoms with E-state index < -0.39 is 5.97 Å². The molecular formula is C12H10BrN3O3. The Bertz CT molecular complexity index is 619. The SMILES string of the molecule is COC(=O)c1cncc(Oc2cccc(N)c2Br)n1. The van der Waals surface area contributed by atoms with E-state index in [-0.39, 0.29) is 11.6 Å². The Morgan fingerprint density at radius 3 is 2.89 bits per heavy atom. The van der Waals surface area contributed by atoms with Crippen LogP contribution in [0.15, 0.2) is 35.1 Å². The van der Waals surface area contributed by atoms with Crippen molar-refractivity contribution in [1.29, 1.82) is 0 Å². The van der Waals surface area contributed by atoms with E-state index in [1.54, 1.807) is 18.2 Å². The fourth-order valence-electron chi connectivity index (χ4n) is 1.32. The second-order valence-corrected chi connectivity index (χ2v) is 4.29. The molecule has 0 spiro atoms. The van der Waals surface area contributed by atoms with Gasteiger partial charge < -0.3 is 15.2 Å². The summed E-state index contributed by atoms with van der Waals surface area (Å²) >= 11 is 3.31. The van der Waals surface area contributed by atoms with E-state index in [1.165, 1.54) is 19.5 Å². The van der Waals surface area contributed by atoms with Crippen LogP contribution in [0.3, 0.4) is 0 Å². The third-order valence-corrected chi connectivity index (χ3v) is 3.06. The number of hydrogen-bond donors (Lipinski definition) is 1. The Balaban J connectivity index is 2.28. The maximum absolute atomic E-state index is 11.3. The number of nitrogen functional groups attached to an aromatic ring is 1. The molecule has 6 nitrogen and oxygen atoms in total. The molecule has 1 aromatic heterocycles.